The second-order valence-electron chi connectivity index (χ2n) is 8.76. The van der Waals surface area contributed by atoms with Crippen molar-refractivity contribution in [2.45, 2.75) is 44.7 Å². The molecule has 3 aromatic rings. The van der Waals surface area contributed by atoms with Gasteiger partial charge in [0.25, 0.3) is 0 Å². The zero-order valence-electron chi connectivity index (χ0n) is 18.8. The molecule has 0 spiro atoms. The summed E-state index contributed by atoms with van der Waals surface area (Å²) in [5.41, 5.74) is 2.05. The topological polar surface area (TPSA) is 70.2 Å². The molecule has 1 atom stereocenters. The summed E-state index contributed by atoms with van der Waals surface area (Å²) in [4.78, 5) is 24.3. The average molecular weight is 496 g/mol. The van der Waals surface area contributed by atoms with Crippen LogP contribution in [0.15, 0.2) is 53.0 Å². The van der Waals surface area contributed by atoms with E-state index in [1.54, 1.807) is 0 Å². The third-order valence-electron chi connectivity index (χ3n) is 6.17. The van der Waals surface area contributed by atoms with Crippen LogP contribution < -0.4 is 15.5 Å². The van der Waals surface area contributed by atoms with Gasteiger partial charge in [0.2, 0.25) is 11.9 Å². The zero-order chi connectivity index (χ0) is 22.7. The van der Waals surface area contributed by atoms with Gasteiger partial charge in [0.15, 0.2) is 0 Å². The molecular formula is C25H30BrN5O. The van der Waals surface area contributed by atoms with E-state index in [0.29, 0.717) is 5.95 Å². The Morgan fingerprint density at radius 2 is 1.72 bits per heavy atom. The highest BCUT2D eigenvalue weighted by molar-refractivity contribution is 9.10. The van der Waals surface area contributed by atoms with Gasteiger partial charge in [-0.3, -0.25) is 4.79 Å². The number of carbonyl (C=O) groups excluding carboxylic acids is 1. The normalized spacial score (nSPS) is 19.4. The summed E-state index contributed by atoms with van der Waals surface area (Å²) in [6, 6.07) is 16.4. The Morgan fingerprint density at radius 3 is 2.41 bits per heavy atom. The van der Waals surface area contributed by atoms with Crippen molar-refractivity contribution in [3.05, 3.63) is 58.6 Å². The van der Waals surface area contributed by atoms with Crippen LogP contribution in [0, 0.1) is 5.92 Å². The number of hydrogen-bond donors (Lipinski definition) is 2. The molecule has 1 saturated carbocycles. The number of aromatic nitrogens is 2. The van der Waals surface area contributed by atoms with E-state index in [1.165, 1.54) is 0 Å². The summed E-state index contributed by atoms with van der Waals surface area (Å²) in [5.74, 6) is 1.77. The third-order valence-corrected chi connectivity index (χ3v) is 6.70. The highest BCUT2D eigenvalue weighted by Crippen LogP contribution is 2.29. The van der Waals surface area contributed by atoms with Crippen molar-refractivity contribution in [3.63, 3.8) is 0 Å². The van der Waals surface area contributed by atoms with Crippen molar-refractivity contribution in [2.75, 3.05) is 24.3 Å². The standard InChI is InChI=1S/C25H30BrN5O/c1-16(17-8-12-19(26)13-9-17)27-24(32)18-10-14-20(15-11-18)28-25-29-22-7-5-4-6-21(22)23(30-25)31(2)3/h4-9,12-13,16,18,20H,10-11,14-15H2,1-3H3,(H,27,32)(H,28,29,30)/t16?,18-,20+. The predicted molar refractivity (Wildman–Crippen MR) is 134 cm³/mol. The van der Waals surface area contributed by atoms with E-state index in [-0.39, 0.29) is 23.9 Å². The van der Waals surface area contributed by atoms with Crippen LogP contribution >= 0.6 is 15.9 Å². The molecule has 1 aromatic heterocycles. The molecule has 0 bridgehead atoms. The van der Waals surface area contributed by atoms with Gasteiger partial charge in [-0.25, -0.2) is 4.98 Å². The minimum atomic E-state index is 0.00176. The fourth-order valence-corrected chi connectivity index (χ4v) is 4.58. The van der Waals surface area contributed by atoms with Crippen molar-refractivity contribution in [1.29, 1.82) is 0 Å². The molecule has 0 saturated heterocycles. The number of fused-ring (bicyclic) bond motifs is 1. The van der Waals surface area contributed by atoms with Crippen molar-refractivity contribution < 1.29 is 4.79 Å². The molecule has 1 fully saturated rings. The highest BCUT2D eigenvalue weighted by atomic mass is 79.9. The summed E-state index contributed by atoms with van der Waals surface area (Å²) >= 11 is 3.46. The fourth-order valence-electron chi connectivity index (χ4n) is 4.31. The van der Waals surface area contributed by atoms with Gasteiger partial charge in [-0.05, 0) is 62.4 Å². The minimum absolute atomic E-state index is 0.00176. The van der Waals surface area contributed by atoms with E-state index in [9.17, 15) is 4.79 Å². The van der Waals surface area contributed by atoms with Gasteiger partial charge in [0, 0.05) is 35.9 Å². The zero-order valence-corrected chi connectivity index (χ0v) is 20.4. The Morgan fingerprint density at radius 1 is 1.03 bits per heavy atom. The lowest BCUT2D eigenvalue weighted by Gasteiger charge is -2.29. The van der Waals surface area contributed by atoms with E-state index in [2.05, 4.69) is 26.6 Å². The highest BCUT2D eigenvalue weighted by Gasteiger charge is 2.27. The smallest absolute Gasteiger partial charge is 0.225 e. The van der Waals surface area contributed by atoms with Crippen molar-refractivity contribution in [2.24, 2.45) is 5.92 Å². The quantitative estimate of drug-likeness (QED) is 0.484. The molecule has 1 aliphatic carbocycles. The van der Waals surface area contributed by atoms with Gasteiger partial charge in [-0.2, -0.15) is 4.98 Å². The van der Waals surface area contributed by atoms with Crippen molar-refractivity contribution >= 4 is 44.5 Å². The van der Waals surface area contributed by atoms with Crippen molar-refractivity contribution in [3.8, 4) is 0 Å². The number of anilines is 2. The van der Waals surface area contributed by atoms with Crippen LogP contribution in [0.2, 0.25) is 0 Å². The maximum atomic E-state index is 12.8. The lowest BCUT2D eigenvalue weighted by Crippen LogP contribution is -2.37. The number of hydrogen-bond acceptors (Lipinski definition) is 5. The van der Waals surface area contributed by atoms with Gasteiger partial charge >= 0.3 is 0 Å². The maximum Gasteiger partial charge on any atom is 0.225 e. The Kier molecular flexibility index (Phi) is 6.94. The Bertz CT molecular complexity index is 1080. The Hall–Kier alpha value is -2.67. The lowest BCUT2D eigenvalue weighted by molar-refractivity contribution is -0.126. The number of nitrogens with one attached hydrogen (secondary N) is 2. The van der Waals surface area contributed by atoms with Gasteiger partial charge in [0.1, 0.15) is 5.82 Å². The number of carbonyl (C=O) groups is 1. The SMILES string of the molecule is CC(NC(=O)[C@H]1CC[C@@H](Nc2nc(N(C)C)c3ccccc3n2)CC1)c1ccc(Br)cc1. The first kappa shape index (κ1) is 22.5. The monoisotopic (exact) mass is 495 g/mol. The number of benzene rings is 2. The van der Waals surface area contributed by atoms with E-state index in [0.717, 1.165) is 52.4 Å². The van der Waals surface area contributed by atoms with Crippen LogP contribution in [0.25, 0.3) is 10.9 Å². The number of amides is 1. The minimum Gasteiger partial charge on any atom is -0.362 e. The summed E-state index contributed by atoms with van der Waals surface area (Å²) < 4.78 is 1.04. The second-order valence-corrected chi connectivity index (χ2v) is 9.67. The fraction of sp³-hybridized carbons (Fsp3) is 0.400. The number of halogens is 1. The molecule has 1 amide bonds. The van der Waals surface area contributed by atoms with E-state index >= 15 is 0 Å². The van der Waals surface area contributed by atoms with Crippen LogP contribution in [0.5, 0.6) is 0 Å². The maximum absolute atomic E-state index is 12.8. The van der Waals surface area contributed by atoms with Crippen LogP contribution in [-0.2, 0) is 4.79 Å². The second kappa shape index (κ2) is 9.86. The average Bonchev–Trinajstić information content (AvgIpc) is 2.79. The Labute approximate surface area is 198 Å². The summed E-state index contributed by atoms with van der Waals surface area (Å²) in [7, 11) is 4.00. The van der Waals surface area contributed by atoms with Crippen LogP contribution in [0.4, 0.5) is 11.8 Å². The molecule has 168 valence electrons. The Balaban J connectivity index is 1.35. The first-order chi connectivity index (χ1) is 15.4. The first-order valence-electron chi connectivity index (χ1n) is 11.2. The third kappa shape index (κ3) is 5.21. The number of rotatable bonds is 6. The van der Waals surface area contributed by atoms with E-state index in [4.69, 9.17) is 9.97 Å². The van der Waals surface area contributed by atoms with Gasteiger partial charge in [0.05, 0.1) is 11.6 Å². The summed E-state index contributed by atoms with van der Waals surface area (Å²) in [6.07, 6.45) is 3.59. The molecule has 0 radical (unpaired) electrons. The molecular weight excluding hydrogens is 466 g/mol. The number of para-hydroxylation sites is 1. The largest absolute Gasteiger partial charge is 0.362 e. The molecule has 1 unspecified atom stereocenters. The van der Waals surface area contributed by atoms with E-state index < -0.39 is 0 Å². The van der Waals surface area contributed by atoms with Gasteiger partial charge < -0.3 is 15.5 Å². The predicted octanol–water partition coefficient (Wildman–Crippen LogP) is 5.31. The molecule has 32 heavy (non-hydrogen) atoms. The summed E-state index contributed by atoms with van der Waals surface area (Å²) in [6.45, 7) is 2.04. The molecule has 7 heteroatoms. The molecule has 2 aromatic carbocycles. The summed E-state index contributed by atoms with van der Waals surface area (Å²) in [5, 5.41) is 7.74. The van der Waals surface area contributed by atoms with Gasteiger partial charge in [-0.1, -0.05) is 40.2 Å². The number of nitrogens with zero attached hydrogens (tertiary/aromatic N) is 3. The molecule has 2 N–H and O–H groups in total. The van der Waals surface area contributed by atoms with Crippen molar-refractivity contribution in [1.82, 2.24) is 15.3 Å². The van der Waals surface area contributed by atoms with Crippen LogP contribution in [0.3, 0.4) is 0 Å². The van der Waals surface area contributed by atoms with E-state index in [1.807, 2.05) is 74.4 Å². The lowest BCUT2D eigenvalue weighted by atomic mass is 9.85. The van der Waals surface area contributed by atoms with Crippen LogP contribution in [0.1, 0.15) is 44.2 Å². The van der Waals surface area contributed by atoms with Gasteiger partial charge in [-0.15, -0.1) is 0 Å². The molecule has 1 aliphatic rings. The molecule has 6 nitrogen and oxygen atoms in total. The molecule has 4 rings (SSSR count). The first-order valence-corrected chi connectivity index (χ1v) is 12.0. The van der Waals surface area contributed by atoms with Crippen LogP contribution in [-0.4, -0.2) is 36.0 Å². The molecule has 0 aliphatic heterocycles. The molecule has 1 heterocycles.